The Morgan fingerprint density at radius 2 is 1.71 bits per heavy atom. The molecule has 0 spiro atoms. The summed E-state index contributed by atoms with van der Waals surface area (Å²) in [6, 6.07) is 16.1. The van der Waals surface area contributed by atoms with Crippen LogP contribution in [0.25, 0.3) is 10.9 Å². The number of benzene rings is 2. The molecule has 0 N–H and O–H groups in total. The Labute approximate surface area is 163 Å². The number of methoxy groups -OCH3 is 2. The van der Waals surface area contributed by atoms with Crippen molar-refractivity contribution in [3.63, 3.8) is 0 Å². The van der Waals surface area contributed by atoms with Crippen molar-refractivity contribution in [2.45, 2.75) is 11.0 Å². The number of aromatic nitrogens is 1. The predicted molar refractivity (Wildman–Crippen MR) is 104 cm³/mol. The summed E-state index contributed by atoms with van der Waals surface area (Å²) >= 11 is 0. The van der Waals surface area contributed by atoms with Gasteiger partial charge >= 0.3 is 0 Å². The molecule has 0 aliphatic carbocycles. The van der Waals surface area contributed by atoms with E-state index in [1.54, 1.807) is 12.1 Å². The number of ether oxygens (including phenoxy) is 3. The maximum atomic E-state index is 12.8. The van der Waals surface area contributed by atoms with E-state index >= 15 is 0 Å². The molecule has 8 heteroatoms. The van der Waals surface area contributed by atoms with Gasteiger partial charge in [-0.15, -0.1) is 0 Å². The number of nitrogens with zero attached hydrogens (tertiary/aromatic N) is 2. The Bertz CT molecular complexity index is 1110. The van der Waals surface area contributed by atoms with Crippen molar-refractivity contribution < 1.29 is 22.6 Å². The standard InChI is InChI=1S/C20H20N2O5S/c1-25-18-9-8-16(11-19(18)26-2)28(23,24)22-12-15(13-22)27-20-10-7-14-5-3-4-6-17(14)21-20/h3-11,15H,12-13H2,1-2H3. The number of sulfonamides is 1. The number of hydrogen-bond acceptors (Lipinski definition) is 6. The lowest BCUT2D eigenvalue weighted by atomic mass is 10.2. The van der Waals surface area contributed by atoms with E-state index in [0.717, 1.165) is 10.9 Å². The van der Waals surface area contributed by atoms with Crippen molar-refractivity contribution in [1.82, 2.24) is 9.29 Å². The lowest BCUT2D eigenvalue weighted by Crippen LogP contribution is -2.56. The third kappa shape index (κ3) is 3.36. The molecule has 2 heterocycles. The zero-order chi connectivity index (χ0) is 19.7. The summed E-state index contributed by atoms with van der Waals surface area (Å²) in [4.78, 5) is 4.62. The Morgan fingerprint density at radius 3 is 2.46 bits per heavy atom. The second-order valence-corrected chi connectivity index (χ2v) is 8.36. The summed E-state index contributed by atoms with van der Waals surface area (Å²) in [6.07, 6.45) is -0.233. The highest BCUT2D eigenvalue weighted by atomic mass is 32.2. The molecule has 146 valence electrons. The molecule has 1 aliphatic rings. The van der Waals surface area contributed by atoms with E-state index in [2.05, 4.69) is 4.98 Å². The van der Waals surface area contributed by atoms with Crippen molar-refractivity contribution in [3.05, 3.63) is 54.6 Å². The van der Waals surface area contributed by atoms with Crippen molar-refractivity contribution in [2.75, 3.05) is 27.3 Å². The largest absolute Gasteiger partial charge is 0.493 e. The van der Waals surface area contributed by atoms with Crippen LogP contribution in [0.4, 0.5) is 0 Å². The van der Waals surface area contributed by atoms with Crippen molar-refractivity contribution in [3.8, 4) is 17.4 Å². The van der Waals surface area contributed by atoms with Gasteiger partial charge in [0, 0.05) is 17.5 Å². The van der Waals surface area contributed by atoms with Gasteiger partial charge in [0.25, 0.3) is 0 Å². The minimum Gasteiger partial charge on any atom is -0.493 e. The molecule has 0 amide bonds. The minimum atomic E-state index is -3.62. The van der Waals surface area contributed by atoms with E-state index in [9.17, 15) is 8.42 Å². The van der Waals surface area contributed by atoms with Crippen LogP contribution in [0.3, 0.4) is 0 Å². The van der Waals surface area contributed by atoms with Crippen LogP contribution < -0.4 is 14.2 Å². The van der Waals surface area contributed by atoms with Crippen LogP contribution in [0.2, 0.25) is 0 Å². The number of pyridine rings is 1. The van der Waals surface area contributed by atoms with Crippen LogP contribution >= 0.6 is 0 Å². The SMILES string of the molecule is COc1ccc(S(=O)(=O)N2CC(Oc3ccc4ccccc4n3)C2)cc1OC. The van der Waals surface area contributed by atoms with Crippen molar-refractivity contribution in [1.29, 1.82) is 0 Å². The van der Waals surface area contributed by atoms with Gasteiger partial charge in [-0.2, -0.15) is 4.31 Å². The Balaban J connectivity index is 1.45. The van der Waals surface area contributed by atoms with E-state index in [4.69, 9.17) is 14.2 Å². The number of para-hydroxylation sites is 1. The normalized spacial score (nSPS) is 15.2. The minimum absolute atomic E-state index is 0.160. The zero-order valence-electron chi connectivity index (χ0n) is 15.5. The molecule has 0 atom stereocenters. The van der Waals surface area contributed by atoms with Crippen LogP contribution in [0.1, 0.15) is 0 Å². The monoisotopic (exact) mass is 400 g/mol. The molecule has 7 nitrogen and oxygen atoms in total. The van der Waals surface area contributed by atoms with E-state index in [-0.39, 0.29) is 24.1 Å². The first kappa shape index (κ1) is 18.5. The Morgan fingerprint density at radius 1 is 0.964 bits per heavy atom. The highest BCUT2D eigenvalue weighted by molar-refractivity contribution is 7.89. The second-order valence-electron chi connectivity index (χ2n) is 6.42. The highest BCUT2D eigenvalue weighted by Crippen LogP contribution is 2.32. The van der Waals surface area contributed by atoms with E-state index in [0.29, 0.717) is 17.4 Å². The number of rotatable bonds is 6. The Kier molecular flexibility index (Phi) is 4.82. The molecule has 0 bridgehead atoms. The summed E-state index contributed by atoms with van der Waals surface area (Å²) in [5.74, 6) is 1.35. The maximum Gasteiger partial charge on any atom is 0.243 e. The molecule has 1 aliphatic heterocycles. The van der Waals surface area contributed by atoms with Crippen molar-refractivity contribution >= 4 is 20.9 Å². The molecule has 2 aromatic carbocycles. The maximum absolute atomic E-state index is 12.8. The molecular formula is C20H20N2O5S. The summed E-state index contributed by atoms with van der Waals surface area (Å²) in [5, 5.41) is 1.03. The van der Waals surface area contributed by atoms with Crippen LogP contribution in [-0.2, 0) is 10.0 Å². The molecule has 1 fully saturated rings. The molecule has 28 heavy (non-hydrogen) atoms. The van der Waals surface area contributed by atoms with Gasteiger partial charge < -0.3 is 14.2 Å². The van der Waals surface area contributed by atoms with E-state index < -0.39 is 10.0 Å². The summed E-state index contributed by atoms with van der Waals surface area (Å²) in [7, 11) is -0.648. The van der Waals surface area contributed by atoms with Gasteiger partial charge in [-0.1, -0.05) is 18.2 Å². The molecule has 3 aromatic rings. The quantitative estimate of drug-likeness (QED) is 0.633. The van der Waals surface area contributed by atoms with Crippen LogP contribution in [-0.4, -0.2) is 51.1 Å². The fraction of sp³-hybridized carbons (Fsp3) is 0.250. The summed E-state index contributed by atoms with van der Waals surface area (Å²) < 4.78 is 43.2. The van der Waals surface area contributed by atoms with Gasteiger partial charge in [0.05, 0.1) is 37.7 Å². The van der Waals surface area contributed by atoms with Gasteiger partial charge in [-0.25, -0.2) is 13.4 Å². The van der Waals surface area contributed by atoms with Gasteiger partial charge in [-0.05, 0) is 24.3 Å². The molecule has 1 saturated heterocycles. The van der Waals surface area contributed by atoms with E-state index in [1.807, 2.05) is 30.3 Å². The fourth-order valence-corrected chi connectivity index (χ4v) is 4.60. The first-order valence-corrected chi connectivity index (χ1v) is 10.2. The topological polar surface area (TPSA) is 78.0 Å². The van der Waals surface area contributed by atoms with Gasteiger partial charge in [0.15, 0.2) is 11.5 Å². The zero-order valence-corrected chi connectivity index (χ0v) is 16.3. The Hall–Kier alpha value is -2.84. The lowest BCUT2D eigenvalue weighted by Gasteiger charge is -2.37. The average molecular weight is 400 g/mol. The molecule has 1 aromatic heterocycles. The smallest absolute Gasteiger partial charge is 0.243 e. The molecule has 4 rings (SSSR count). The number of fused-ring (bicyclic) bond motifs is 1. The summed E-state index contributed by atoms with van der Waals surface area (Å²) in [5.41, 5.74) is 0.842. The summed E-state index contributed by atoms with van der Waals surface area (Å²) in [6.45, 7) is 0.538. The van der Waals surface area contributed by atoms with Gasteiger partial charge in [-0.3, -0.25) is 0 Å². The molecule has 0 saturated carbocycles. The van der Waals surface area contributed by atoms with Gasteiger partial charge in [0.1, 0.15) is 6.10 Å². The first-order chi connectivity index (χ1) is 13.5. The van der Waals surface area contributed by atoms with Crippen molar-refractivity contribution in [2.24, 2.45) is 0 Å². The predicted octanol–water partition coefficient (Wildman–Crippen LogP) is 2.70. The molecule has 0 unspecified atom stereocenters. The first-order valence-electron chi connectivity index (χ1n) is 8.76. The fourth-order valence-electron chi connectivity index (χ4n) is 3.08. The average Bonchev–Trinajstić information content (AvgIpc) is 2.69. The molecule has 0 radical (unpaired) electrons. The number of hydrogen-bond donors (Lipinski definition) is 0. The molecular weight excluding hydrogens is 380 g/mol. The van der Waals surface area contributed by atoms with Crippen LogP contribution in [0.5, 0.6) is 17.4 Å². The van der Waals surface area contributed by atoms with Gasteiger partial charge in [0.2, 0.25) is 15.9 Å². The highest BCUT2D eigenvalue weighted by Gasteiger charge is 2.38. The third-order valence-corrected chi connectivity index (χ3v) is 6.50. The second kappa shape index (κ2) is 7.29. The van der Waals surface area contributed by atoms with Crippen LogP contribution in [0, 0.1) is 0 Å². The van der Waals surface area contributed by atoms with Crippen LogP contribution in [0.15, 0.2) is 59.5 Å². The van der Waals surface area contributed by atoms with E-state index in [1.165, 1.54) is 30.7 Å². The third-order valence-electron chi connectivity index (χ3n) is 4.67. The lowest BCUT2D eigenvalue weighted by molar-refractivity contribution is 0.0724.